The van der Waals surface area contributed by atoms with Crippen molar-refractivity contribution in [2.75, 3.05) is 27.4 Å². The number of rotatable bonds is 6. The lowest BCUT2D eigenvalue weighted by Gasteiger charge is -2.12. The summed E-state index contributed by atoms with van der Waals surface area (Å²) >= 11 is 1.54. The van der Waals surface area contributed by atoms with Gasteiger partial charge in [-0.1, -0.05) is 11.8 Å². The number of hydrogen-bond donors (Lipinski definition) is 1. The first kappa shape index (κ1) is 17.0. The molecule has 1 atom stereocenters. The number of nitrogens with zero attached hydrogens (tertiary/aromatic N) is 1. The van der Waals surface area contributed by atoms with E-state index in [-0.39, 0.29) is 6.10 Å². The fourth-order valence-electron chi connectivity index (χ4n) is 2.36. The first-order valence-corrected chi connectivity index (χ1v) is 8.38. The molecule has 5 nitrogen and oxygen atoms in total. The maximum Gasteiger partial charge on any atom is 0.161 e. The number of methoxy groups -OCH3 is 2. The molecule has 0 unspecified atom stereocenters. The molecule has 0 bridgehead atoms. The van der Waals surface area contributed by atoms with E-state index >= 15 is 0 Å². The minimum Gasteiger partial charge on any atom is -0.493 e. The van der Waals surface area contributed by atoms with Crippen LogP contribution in [-0.4, -0.2) is 38.6 Å². The van der Waals surface area contributed by atoms with Crippen LogP contribution in [0.25, 0.3) is 0 Å². The highest BCUT2D eigenvalue weighted by atomic mass is 32.2. The topological polar surface area (TPSA) is 66.1 Å². The Balaban J connectivity index is 1.93. The quantitative estimate of drug-likeness (QED) is 0.644. The van der Waals surface area contributed by atoms with Crippen molar-refractivity contribution in [3.8, 4) is 11.5 Å². The summed E-state index contributed by atoms with van der Waals surface area (Å²) in [4.78, 5) is 4.40. The van der Waals surface area contributed by atoms with Crippen molar-refractivity contribution in [1.29, 1.82) is 0 Å². The Hall–Kier alpha value is -1.40. The summed E-state index contributed by atoms with van der Waals surface area (Å²) < 4.78 is 16.2. The molecule has 0 amide bonds. The van der Waals surface area contributed by atoms with Gasteiger partial charge in [0.2, 0.25) is 0 Å². The molecule has 122 valence electrons. The van der Waals surface area contributed by atoms with Crippen molar-refractivity contribution in [3.05, 3.63) is 23.3 Å². The molecule has 0 aliphatic carbocycles. The highest BCUT2D eigenvalue weighted by Crippen LogP contribution is 2.31. The lowest BCUT2D eigenvalue weighted by Crippen LogP contribution is -2.14. The van der Waals surface area contributed by atoms with E-state index in [0.717, 1.165) is 47.8 Å². The number of amidine groups is 1. The average Bonchev–Trinajstić information content (AvgIpc) is 3.04. The first-order chi connectivity index (χ1) is 10.6. The van der Waals surface area contributed by atoms with Crippen molar-refractivity contribution >= 4 is 16.9 Å². The lowest BCUT2D eigenvalue weighted by atomic mass is 10.1. The summed E-state index contributed by atoms with van der Waals surface area (Å²) in [5.41, 5.74) is 8.29. The summed E-state index contributed by atoms with van der Waals surface area (Å²) in [6.45, 7) is 3.55. The highest BCUT2D eigenvalue weighted by molar-refractivity contribution is 8.13. The zero-order chi connectivity index (χ0) is 15.9. The van der Waals surface area contributed by atoms with Crippen LogP contribution in [0.1, 0.15) is 24.0 Å². The van der Waals surface area contributed by atoms with E-state index in [2.05, 4.69) is 11.9 Å². The number of nitrogens with two attached hydrogens (primary N) is 1. The largest absolute Gasteiger partial charge is 0.493 e. The predicted molar refractivity (Wildman–Crippen MR) is 91.0 cm³/mol. The number of benzene rings is 1. The monoisotopic (exact) mass is 324 g/mol. The Morgan fingerprint density at radius 1 is 1.36 bits per heavy atom. The molecule has 2 N–H and O–H groups in total. The van der Waals surface area contributed by atoms with Gasteiger partial charge in [0.25, 0.3) is 0 Å². The number of thioether (sulfide) groups is 1. The summed E-state index contributed by atoms with van der Waals surface area (Å²) in [5.74, 6) is 2.24. The van der Waals surface area contributed by atoms with Gasteiger partial charge in [0.1, 0.15) is 0 Å². The molecule has 1 aliphatic rings. The molecule has 0 aromatic heterocycles. The van der Waals surface area contributed by atoms with Gasteiger partial charge in [-0.2, -0.15) is 0 Å². The van der Waals surface area contributed by atoms with Gasteiger partial charge in [0.05, 0.1) is 26.9 Å². The van der Waals surface area contributed by atoms with Gasteiger partial charge >= 0.3 is 0 Å². The van der Waals surface area contributed by atoms with Gasteiger partial charge in [-0.3, -0.25) is 4.99 Å². The number of hydrogen-bond acceptors (Lipinski definition) is 5. The Bertz CT molecular complexity index is 528. The van der Waals surface area contributed by atoms with Gasteiger partial charge in [-0.25, -0.2) is 0 Å². The number of ether oxygens (including phenoxy) is 3. The summed E-state index contributed by atoms with van der Waals surface area (Å²) in [5, 5.41) is 0.602. The second kappa shape index (κ2) is 8.29. The zero-order valence-electron chi connectivity index (χ0n) is 13.4. The van der Waals surface area contributed by atoms with Crippen LogP contribution < -0.4 is 15.2 Å². The Labute approximate surface area is 136 Å². The maximum absolute atomic E-state index is 5.98. The van der Waals surface area contributed by atoms with Crippen LogP contribution in [0, 0.1) is 6.92 Å². The van der Waals surface area contributed by atoms with E-state index < -0.39 is 0 Å². The molecule has 0 saturated carbocycles. The van der Waals surface area contributed by atoms with Gasteiger partial charge in [-0.15, -0.1) is 0 Å². The van der Waals surface area contributed by atoms with E-state index in [9.17, 15) is 0 Å². The molecule has 1 aromatic carbocycles. The molecule has 1 aliphatic heterocycles. The second-order valence-corrected chi connectivity index (χ2v) is 6.23. The van der Waals surface area contributed by atoms with E-state index in [0.29, 0.717) is 11.7 Å². The summed E-state index contributed by atoms with van der Waals surface area (Å²) in [6.07, 6.45) is 2.44. The molecule has 1 aromatic rings. The van der Waals surface area contributed by atoms with Crippen molar-refractivity contribution in [3.63, 3.8) is 0 Å². The van der Waals surface area contributed by atoms with Crippen molar-refractivity contribution in [2.45, 2.75) is 31.6 Å². The summed E-state index contributed by atoms with van der Waals surface area (Å²) in [7, 11) is 3.28. The number of aliphatic imine (C=N–C) groups is 1. The molecule has 6 heteroatoms. The van der Waals surface area contributed by atoms with Crippen molar-refractivity contribution in [1.82, 2.24) is 0 Å². The maximum atomic E-state index is 5.98. The molecule has 1 heterocycles. The third kappa shape index (κ3) is 4.55. The van der Waals surface area contributed by atoms with Gasteiger partial charge in [-0.05, 0) is 43.0 Å². The van der Waals surface area contributed by atoms with Crippen LogP contribution in [0.5, 0.6) is 11.5 Å². The van der Waals surface area contributed by atoms with E-state index in [1.165, 1.54) is 11.8 Å². The van der Waals surface area contributed by atoms with E-state index in [1.54, 1.807) is 14.2 Å². The number of aryl methyl sites for hydroxylation is 1. The van der Waals surface area contributed by atoms with Gasteiger partial charge in [0.15, 0.2) is 16.7 Å². The van der Waals surface area contributed by atoms with Crippen LogP contribution in [0.15, 0.2) is 17.1 Å². The first-order valence-electron chi connectivity index (χ1n) is 7.40. The smallest absolute Gasteiger partial charge is 0.161 e. The highest BCUT2D eigenvalue weighted by Gasteiger charge is 2.15. The summed E-state index contributed by atoms with van der Waals surface area (Å²) in [6, 6.07) is 3.98. The minimum absolute atomic E-state index is 0.238. The SMILES string of the molecule is COc1cc(C)c(CSC(N)=NC[C@H]2CCCO2)cc1OC. The third-order valence-corrected chi connectivity index (χ3v) is 4.57. The van der Waals surface area contributed by atoms with E-state index in [4.69, 9.17) is 19.9 Å². The van der Waals surface area contributed by atoms with Crippen LogP contribution in [0.2, 0.25) is 0 Å². The molecular formula is C16H24N2O3S. The van der Waals surface area contributed by atoms with Gasteiger partial charge in [0, 0.05) is 12.4 Å². The van der Waals surface area contributed by atoms with Crippen LogP contribution in [-0.2, 0) is 10.5 Å². The molecule has 22 heavy (non-hydrogen) atoms. The normalized spacial score (nSPS) is 18.5. The predicted octanol–water partition coefficient (Wildman–Crippen LogP) is 2.74. The molecular weight excluding hydrogens is 300 g/mol. The zero-order valence-corrected chi connectivity index (χ0v) is 14.2. The molecule has 1 saturated heterocycles. The molecule has 0 spiro atoms. The molecule has 0 radical (unpaired) electrons. The Kier molecular flexibility index (Phi) is 6.39. The van der Waals surface area contributed by atoms with Gasteiger partial charge < -0.3 is 19.9 Å². The Morgan fingerprint density at radius 3 is 2.73 bits per heavy atom. The Morgan fingerprint density at radius 2 is 2.09 bits per heavy atom. The fourth-order valence-corrected chi connectivity index (χ4v) is 3.14. The molecule has 1 fully saturated rings. The fraction of sp³-hybridized carbons (Fsp3) is 0.562. The van der Waals surface area contributed by atoms with Crippen molar-refractivity contribution in [2.24, 2.45) is 10.7 Å². The van der Waals surface area contributed by atoms with Crippen LogP contribution in [0.3, 0.4) is 0 Å². The average molecular weight is 324 g/mol. The van der Waals surface area contributed by atoms with Crippen molar-refractivity contribution < 1.29 is 14.2 Å². The van der Waals surface area contributed by atoms with Crippen LogP contribution in [0.4, 0.5) is 0 Å². The minimum atomic E-state index is 0.238. The van der Waals surface area contributed by atoms with E-state index in [1.807, 2.05) is 12.1 Å². The second-order valence-electron chi connectivity index (χ2n) is 5.24. The standard InChI is InChI=1S/C16H24N2O3S/c1-11-7-14(19-2)15(20-3)8-12(11)10-22-16(17)18-9-13-5-4-6-21-13/h7-8,13H,4-6,9-10H2,1-3H3,(H2,17,18)/t13-/m1/s1. The third-order valence-electron chi connectivity index (χ3n) is 3.69. The molecule has 2 rings (SSSR count). The lowest BCUT2D eigenvalue weighted by molar-refractivity contribution is 0.118. The van der Waals surface area contributed by atoms with Crippen LogP contribution >= 0.6 is 11.8 Å².